The fourth-order valence-corrected chi connectivity index (χ4v) is 4.09. The van der Waals surface area contributed by atoms with Crippen LogP contribution >= 0.6 is 0 Å². The Morgan fingerprint density at radius 2 is 1.91 bits per heavy atom. The summed E-state index contributed by atoms with van der Waals surface area (Å²) in [6.07, 6.45) is 3.81. The summed E-state index contributed by atoms with van der Waals surface area (Å²) >= 11 is 0. The molecule has 0 saturated carbocycles. The molecule has 1 aromatic carbocycles. The van der Waals surface area contributed by atoms with Gasteiger partial charge in [0.2, 0.25) is 10.0 Å². The van der Waals surface area contributed by atoms with E-state index in [0.29, 0.717) is 30.4 Å². The van der Waals surface area contributed by atoms with Crippen molar-refractivity contribution in [2.45, 2.75) is 31.1 Å². The van der Waals surface area contributed by atoms with Crippen molar-refractivity contribution in [3.63, 3.8) is 0 Å². The lowest BCUT2D eigenvalue weighted by Crippen LogP contribution is -2.33. The summed E-state index contributed by atoms with van der Waals surface area (Å²) in [5.41, 5.74) is 0.668. The maximum Gasteiger partial charge on any atom is 0.243 e. The zero-order chi connectivity index (χ0) is 16.0. The number of aromatic nitrogens is 1. The molecule has 0 unspecified atom stereocenters. The van der Waals surface area contributed by atoms with Crippen LogP contribution in [0.3, 0.4) is 0 Å². The molecule has 0 radical (unpaired) electrons. The van der Waals surface area contributed by atoms with Gasteiger partial charge in [0, 0.05) is 31.3 Å². The largest absolute Gasteiger partial charge is 0.396 e. The van der Waals surface area contributed by atoms with E-state index >= 15 is 0 Å². The number of aliphatic hydroxyl groups excluding tert-OH is 1. The van der Waals surface area contributed by atoms with E-state index in [-0.39, 0.29) is 11.5 Å². The number of pyridine rings is 1. The second kappa shape index (κ2) is 7.67. The molecule has 0 saturated heterocycles. The normalized spacial score (nSPS) is 12.1. The van der Waals surface area contributed by atoms with Gasteiger partial charge in [0.15, 0.2) is 0 Å². The lowest BCUT2D eigenvalue weighted by molar-refractivity contribution is 0.268. The van der Waals surface area contributed by atoms with Crippen LogP contribution in [0, 0.1) is 0 Å². The maximum absolute atomic E-state index is 13.0. The van der Waals surface area contributed by atoms with Gasteiger partial charge >= 0.3 is 0 Å². The number of nitrogens with zero attached hydrogens (tertiary/aromatic N) is 2. The highest BCUT2D eigenvalue weighted by molar-refractivity contribution is 7.89. The van der Waals surface area contributed by atoms with Gasteiger partial charge in [-0.05, 0) is 37.1 Å². The Balaban J connectivity index is 2.44. The van der Waals surface area contributed by atoms with E-state index in [2.05, 4.69) is 4.98 Å². The zero-order valence-electron chi connectivity index (χ0n) is 12.8. The van der Waals surface area contributed by atoms with Crippen LogP contribution in [0.25, 0.3) is 10.9 Å². The summed E-state index contributed by atoms with van der Waals surface area (Å²) in [5, 5.41) is 9.65. The highest BCUT2D eigenvalue weighted by atomic mass is 32.2. The van der Waals surface area contributed by atoms with Crippen molar-refractivity contribution in [2.75, 3.05) is 19.7 Å². The summed E-state index contributed by atoms with van der Waals surface area (Å²) in [6.45, 7) is 2.80. The van der Waals surface area contributed by atoms with Gasteiger partial charge in [0.25, 0.3) is 0 Å². The first-order chi connectivity index (χ1) is 10.6. The number of benzene rings is 1. The molecule has 0 aliphatic rings. The first-order valence-corrected chi connectivity index (χ1v) is 9.00. The minimum atomic E-state index is -3.59. The molecule has 120 valence electrons. The van der Waals surface area contributed by atoms with E-state index in [4.69, 9.17) is 5.11 Å². The van der Waals surface area contributed by atoms with Crippen LogP contribution in [0.5, 0.6) is 0 Å². The van der Waals surface area contributed by atoms with E-state index in [0.717, 1.165) is 12.8 Å². The van der Waals surface area contributed by atoms with Crippen molar-refractivity contribution >= 4 is 20.9 Å². The molecule has 2 aromatic rings. The van der Waals surface area contributed by atoms with Gasteiger partial charge in [-0.1, -0.05) is 19.4 Å². The van der Waals surface area contributed by atoms with Gasteiger partial charge in [0.05, 0.1) is 10.4 Å². The van der Waals surface area contributed by atoms with Crippen LogP contribution in [0.1, 0.15) is 26.2 Å². The highest BCUT2D eigenvalue weighted by Gasteiger charge is 2.25. The standard InChI is InChI=1S/C16H22N2O3S/c1-2-3-11-18(12-6-13-19)22(20,21)16-9-4-8-15-14(16)7-5-10-17-15/h4-5,7-10,19H,2-3,6,11-13H2,1H3. The molecule has 22 heavy (non-hydrogen) atoms. The van der Waals surface area contributed by atoms with E-state index < -0.39 is 10.0 Å². The van der Waals surface area contributed by atoms with Crippen LogP contribution in [-0.4, -0.2) is 42.5 Å². The predicted octanol–water partition coefficient (Wildman–Crippen LogP) is 2.41. The average Bonchev–Trinajstić information content (AvgIpc) is 2.54. The highest BCUT2D eigenvalue weighted by Crippen LogP contribution is 2.25. The Labute approximate surface area is 131 Å². The molecule has 0 spiro atoms. The number of hydrogen-bond acceptors (Lipinski definition) is 4. The fourth-order valence-electron chi connectivity index (χ4n) is 2.37. The van der Waals surface area contributed by atoms with Gasteiger partial charge in [0.1, 0.15) is 0 Å². The van der Waals surface area contributed by atoms with Crippen LogP contribution in [0.15, 0.2) is 41.4 Å². The maximum atomic E-state index is 13.0. The number of hydrogen-bond donors (Lipinski definition) is 1. The minimum Gasteiger partial charge on any atom is -0.396 e. The third kappa shape index (κ3) is 3.63. The van der Waals surface area contributed by atoms with Gasteiger partial charge in [-0.3, -0.25) is 4.98 Å². The molecule has 0 amide bonds. The Morgan fingerprint density at radius 3 is 2.64 bits per heavy atom. The lowest BCUT2D eigenvalue weighted by atomic mass is 10.2. The fraction of sp³-hybridized carbons (Fsp3) is 0.438. The third-order valence-electron chi connectivity index (χ3n) is 3.55. The summed E-state index contributed by atoms with van der Waals surface area (Å²) in [6, 6.07) is 8.66. The molecule has 1 aromatic heterocycles. The van der Waals surface area contributed by atoms with E-state index in [1.165, 1.54) is 4.31 Å². The molecule has 6 heteroatoms. The lowest BCUT2D eigenvalue weighted by Gasteiger charge is -2.22. The molecular formula is C16H22N2O3S. The van der Waals surface area contributed by atoms with Crippen LogP contribution in [0.2, 0.25) is 0 Å². The van der Waals surface area contributed by atoms with Crippen molar-refractivity contribution in [3.8, 4) is 0 Å². The molecule has 2 rings (SSSR count). The second-order valence-electron chi connectivity index (χ2n) is 5.16. The van der Waals surface area contributed by atoms with Crippen LogP contribution in [-0.2, 0) is 10.0 Å². The van der Waals surface area contributed by atoms with E-state index in [1.54, 1.807) is 36.5 Å². The van der Waals surface area contributed by atoms with Crippen molar-refractivity contribution in [1.82, 2.24) is 9.29 Å². The summed E-state index contributed by atoms with van der Waals surface area (Å²) in [7, 11) is -3.59. The van der Waals surface area contributed by atoms with Gasteiger partial charge in [-0.25, -0.2) is 8.42 Å². The van der Waals surface area contributed by atoms with Crippen LogP contribution < -0.4 is 0 Å². The second-order valence-corrected chi connectivity index (χ2v) is 7.07. The molecule has 0 aliphatic heterocycles. The number of rotatable bonds is 8. The quantitative estimate of drug-likeness (QED) is 0.810. The Bertz CT molecular complexity index is 703. The molecule has 5 nitrogen and oxygen atoms in total. The first kappa shape index (κ1) is 16.9. The Hall–Kier alpha value is -1.50. The molecule has 1 N–H and O–H groups in total. The summed E-state index contributed by atoms with van der Waals surface area (Å²) < 4.78 is 27.4. The SMILES string of the molecule is CCCCN(CCCO)S(=O)(=O)c1cccc2ncccc12. The molecule has 0 atom stereocenters. The Kier molecular flexibility index (Phi) is 5.88. The number of fused-ring (bicyclic) bond motifs is 1. The number of aliphatic hydroxyl groups is 1. The zero-order valence-corrected chi connectivity index (χ0v) is 13.6. The molecule has 0 bridgehead atoms. The third-order valence-corrected chi connectivity index (χ3v) is 5.51. The predicted molar refractivity (Wildman–Crippen MR) is 87.1 cm³/mol. The molecule has 0 fully saturated rings. The van der Waals surface area contributed by atoms with Gasteiger partial charge < -0.3 is 5.11 Å². The van der Waals surface area contributed by atoms with Crippen LogP contribution in [0.4, 0.5) is 0 Å². The molecular weight excluding hydrogens is 300 g/mol. The van der Waals surface area contributed by atoms with E-state index in [1.807, 2.05) is 6.92 Å². The summed E-state index contributed by atoms with van der Waals surface area (Å²) in [4.78, 5) is 4.50. The number of sulfonamides is 1. The topological polar surface area (TPSA) is 70.5 Å². The van der Waals surface area contributed by atoms with Gasteiger partial charge in [-0.15, -0.1) is 0 Å². The van der Waals surface area contributed by atoms with Crippen molar-refractivity contribution in [3.05, 3.63) is 36.5 Å². The smallest absolute Gasteiger partial charge is 0.243 e. The first-order valence-electron chi connectivity index (χ1n) is 7.56. The van der Waals surface area contributed by atoms with Crippen molar-refractivity contribution < 1.29 is 13.5 Å². The van der Waals surface area contributed by atoms with E-state index in [9.17, 15) is 8.42 Å². The Morgan fingerprint density at radius 1 is 1.14 bits per heavy atom. The van der Waals surface area contributed by atoms with Crippen molar-refractivity contribution in [2.24, 2.45) is 0 Å². The number of unbranched alkanes of at least 4 members (excludes halogenated alkanes) is 1. The molecule has 0 aliphatic carbocycles. The minimum absolute atomic E-state index is 0.0186. The van der Waals surface area contributed by atoms with Crippen molar-refractivity contribution in [1.29, 1.82) is 0 Å². The monoisotopic (exact) mass is 322 g/mol. The van der Waals surface area contributed by atoms with Gasteiger partial charge in [-0.2, -0.15) is 4.31 Å². The average molecular weight is 322 g/mol. The molecule has 1 heterocycles. The summed E-state index contributed by atoms with van der Waals surface area (Å²) in [5.74, 6) is 0.